The number of benzene rings is 7. The zero-order valence-corrected chi connectivity index (χ0v) is 24.7. The van der Waals surface area contributed by atoms with E-state index in [1.54, 1.807) is 0 Å². The number of hydrogen-bond acceptors (Lipinski definition) is 2. The van der Waals surface area contributed by atoms with Gasteiger partial charge in [0.2, 0.25) is 0 Å². The molecular weight excluding hydrogens is 536 g/mol. The SMILES string of the molecule is Cc1ccc(C2COc3ccc4cc(-c5ccccc5)ccc4c3-c3c(ccc4cc(-c5ccccc5)ccc34)OC2)cc1. The fraction of sp³-hybridized carbons (Fsp3) is 0.0952. The minimum atomic E-state index is 0.0988. The molecule has 0 N–H and O–H groups in total. The average Bonchev–Trinajstić information content (AvgIpc) is 3.17. The maximum atomic E-state index is 6.75. The molecule has 44 heavy (non-hydrogen) atoms. The van der Waals surface area contributed by atoms with Crippen molar-refractivity contribution in [3.8, 4) is 44.9 Å². The molecule has 1 heterocycles. The Kier molecular flexibility index (Phi) is 6.61. The van der Waals surface area contributed by atoms with Gasteiger partial charge in [-0.1, -0.05) is 127 Å². The Labute approximate surface area is 258 Å². The third-order valence-electron chi connectivity index (χ3n) is 8.86. The van der Waals surface area contributed by atoms with Crippen molar-refractivity contribution < 1.29 is 9.47 Å². The predicted molar refractivity (Wildman–Crippen MR) is 183 cm³/mol. The molecule has 0 saturated heterocycles. The molecule has 212 valence electrons. The van der Waals surface area contributed by atoms with Crippen molar-refractivity contribution in [2.75, 3.05) is 13.2 Å². The van der Waals surface area contributed by atoms with Crippen molar-refractivity contribution in [1.29, 1.82) is 0 Å². The normalized spacial score (nSPS) is 13.2. The second-order valence-electron chi connectivity index (χ2n) is 11.7. The summed E-state index contributed by atoms with van der Waals surface area (Å²) in [6, 6.07) is 52.0. The van der Waals surface area contributed by atoms with E-state index in [9.17, 15) is 0 Å². The fourth-order valence-corrected chi connectivity index (χ4v) is 6.46. The van der Waals surface area contributed by atoms with E-state index in [0.29, 0.717) is 13.2 Å². The molecule has 0 bridgehead atoms. The van der Waals surface area contributed by atoms with Gasteiger partial charge in [0, 0.05) is 11.1 Å². The highest BCUT2D eigenvalue weighted by atomic mass is 16.5. The number of rotatable bonds is 3. The lowest BCUT2D eigenvalue weighted by molar-refractivity contribution is 0.223. The number of fused-ring (bicyclic) bond motifs is 7. The molecule has 1 aliphatic heterocycles. The van der Waals surface area contributed by atoms with Crippen LogP contribution in [0.3, 0.4) is 0 Å². The van der Waals surface area contributed by atoms with Crippen molar-refractivity contribution >= 4 is 21.5 Å². The number of aryl methyl sites for hydroxylation is 1. The van der Waals surface area contributed by atoms with Gasteiger partial charge in [0.25, 0.3) is 0 Å². The fourth-order valence-electron chi connectivity index (χ4n) is 6.46. The zero-order valence-electron chi connectivity index (χ0n) is 24.7. The minimum absolute atomic E-state index is 0.0988. The molecular formula is C42H32O2. The van der Waals surface area contributed by atoms with Crippen molar-refractivity contribution in [2.45, 2.75) is 12.8 Å². The molecule has 0 unspecified atom stereocenters. The maximum Gasteiger partial charge on any atom is 0.127 e. The first-order valence-corrected chi connectivity index (χ1v) is 15.3. The first kappa shape index (κ1) is 26.3. The molecule has 1 aliphatic rings. The summed E-state index contributed by atoms with van der Waals surface area (Å²) in [7, 11) is 0. The van der Waals surface area contributed by atoms with Crippen LogP contribution >= 0.6 is 0 Å². The highest BCUT2D eigenvalue weighted by molar-refractivity contribution is 6.11. The molecule has 0 fully saturated rings. The first-order chi connectivity index (χ1) is 21.7. The highest BCUT2D eigenvalue weighted by Crippen LogP contribution is 2.47. The standard InChI is InChI=1S/C42H32O2/c1-28-12-14-31(15-13-28)36-26-43-39-22-18-34-24-32(29-8-4-2-5-9-29)16-20-37(34)41(39)42-38-21-17-33(30-10-6-3-7-11-30)25-35(38)19-23-40(42)44-27-36/h2-25,36H,26-27H2,1H3. The Balaban J connectivity index is 1.34. The monoisotopic (exact) mass is 568 g/mol. The van der Waals surface area contributed by atoms with Crippen LogP contribution in [0.5, 0.6) is 11.5 Å². The summed E-state index contributed by atoms with van der Waals surface area (Å²) in [5.41, 5.74) is 9.45. The Hall–Kier alpha value is -5.34. The Morgan fingerprint density at radius 3 is 1.41 bits per heavy atom. The van der Waals surface area contributed by atoms with Crippen LogP contribution in [0.1, 0.15) is 17.0 Å². The summed E-state index contributed by atoms with van der Waals surface area (Å²) in [4.78, 5) is 0. The molecule has 0 spiro atoms. The van der Waals surface area contributed by atoms with Crippen molar-refractivity contribution in [3.05, 3.63) is 157 Å². The largest absolute Gasteiger partial charge is 0.492 e. The molecule has 2 nitrogen and oxygen atoms in total. The summed E-state index contributed by atoms with van der Waals surface area (Å²) in [5, 5.41) is 4.65. The summed E-state index contributed by atoms with van der Waals surface area (Å²) < 4.78 is 13.5. The Morgan fingerprint density at radius 2 is 0.932 bits per heavy atom. The second kappa shape index (κ2) is 11.1. The average molecular weight is 569 g/mol. The van der Waals surface area contributed by atoms with Crippen LogP contribution in [-0.4, -0.2) is 13.2 Å². The summed E-state index contributed by atoms with van der Waals surface area (Å²) >= 11 is 0. The first-order valence-electron chi connectivity index (χ1n) is 15.3. The van der Waals surface area contributed by atoms with Crippen LogP contribution in [0, 0.1) is 6.92 Å². The third kappa shape index (κ3) is 4.79. The van der Waals surface area contributed by atoms with Crippen LogP contribution in [0.2, 0.25) is 0 Å². The van der Waals surface area contributed by atoms with E-state index in [-0.39, 0.29) is 5.92 Å². The Morgan fingerprint density at radius 1 is 0.455 bits per heavy atom. The van der Waals surface area contributed by atoms with Crippen molar-refractivity contribution in [3.63, 3.8) is 0 Å². The van der Waals surface area contributed by atoms with Crippen LogP contribution in [0.25, 0.3) is 54.9 Å². The number of ether oxygens (including phenoxy) is 2. The second-order valence-corrected chi connectivity index (χ2v) is 11.7. The molecule has 0 saturated carbocycles. The van der Waals surface area contributed by atoms with Gasteiger partial charge in [-0.15, -0.1) is 0 Å². The zero-order chi connectivity index (χ0) is 29.5. The van der Waals surface area contributed by atoms with Gasteiger partial charge in [0.15, 0.2) is 0 Å². The molecule has 0 aromatic heterocycles. The van der Waals surface area contributed by atoms with Gasteiger partial charge >= 0.3 is 0 Å². The molecule has 0 radical (unpaired) electrons. The van der Waals surface area contributed by atoms with E-state index in [0.717, 1.165) is 33.4 Å². The van der Waals surface area contributed by atoms with Gasteiger partial charge in [-0.05, 0) is 80.6 Å². The highest BCUT2D eigenvalue weighted by Gasteiger charge is 2.24. The lowest BCUT2D eigenvalue weighted by Gasteiger charge is -2.18. The van der Waals surface area contributed by atoms with E-state index < -0.39 is 0 Å². The van der Waals surface area contributed by atoms with Crippen LogP contribution in [0.4, 0.5) is 0 Å². The van der Waals surface area contributed by atoms with Crippen LogP contribution in [-0.2, 0) is 0 Å². The van der Waals surface area contributed by atoms with E-state index >= 15 is 0 Å². The smallest absolute Gasteiger partial charge is 0.127 e. The van der Waals surface area contributed by atoms with Gasteiger partial charge < -0.3 is 9.47 Å². The van der Waals surface area contributed by atoms with E-state index in [2.05, 4.69) is 153 Å². The predicted octanol–water partition coefficient (Wildman–Crippen LogP) is 10.9. The molecule has 8 rings (SSSR count). The van der Waals surface area contributed by atoms with Gasteiger partial charge in [0.1, 0.15) is 11.5 Å². The molecule has 7 aromatic rings. The maximum absolute atomic E-state index is 6.75. The van der Waals surface area contributed by atoms with Crippen molar-refractivity contribution in [2.24, 2.45) is 0 Å². The molecule has 7 aromatic carbocycles. The van der Waals surface area contributed by atoms with E-state index in [1.165, 1.54) is 44.2 Å². The quantitative estimate of drug-likeness (QED) is 0.211. The topological polar surface area (TPSA) is 18.5 Å². The van der Waals surface area contributed by atoms with Gasteiger partial charge in [0.05, 0.1) is 19.1 Å². The van der Waals surface area contributed by atoms with Crippen LogP contribution in [0.15, 0.2) is 146 Å². The molecule has 0 amide bonds. The molecule has 0 atom stereocenters. The number of hydrogen-bond donors (Lipinski definition) is 0. The minimum Gasteiger partial charge on any atom is -0.492 e. The lowest BCUT2D eigenvalue weighted by Crippen LogP contribution is -2.17. The van der Waals surface area contributed by atoms with Gasteiger partial charge in [-0.25, -0.2) is 0 Å². The molecule has 2 heteroatoms. The van der Waals surface area contributed by atoms with E-state index in [1.807, 2.05) is 0 Å². The van der Waals surface area contributed by atoms with Gasteiger partial charge in [-0.2, -0.15) is 0 Å². The molecule has 0 aliphatic carbocycles. The van der Waals surface area contributed by atoms with Crippen LogP contribution < -0.4 is 9.47 Å². The summed E-state index contributed by atoms with van der Waals surface area (Å²) in [6.45, 7) is 3.19. The van der Waals surface area contributed by atoms with Crippen molar-refractivity contribution in [1.82, 2.24) is 0 Å². The third-order valence-corrected chi connectivity index (χ3v) is 8.86. The van der Waals surface area contributed by atoms with E-state index in [4.69, 9.17) is 9.47 Å². The van der Waals surface area contributed by atoms with Gasteiger partial charge in [-0.3, -0.25) is 0 Å². The Bertz CT molecular complexity index is 1980. The summed E-state index contributed by atoms with van der Waals surface area (Å²) in [6.07, 6.45) is 0. The summed E-state index contributed by atoms with van der Waals surface area (Å²) in [5.74, 6) is 1.86. The lowest BCUT2D eigenvalue weighted by atomic mass is 9.90.